The number of amides is 1. The Bertz CT molecular complexity index is 685. The molecule has 1 saturated heterocycles. The zero-order valence-electron chi connectivity index (χ0n) is 13.7. The van der Waals surface area contributed by atoms with Gasteiger partial charge in [0.25, 0.3) is 0 Å². The van der Waals surface area contributed by atoms with Gasteiger partial charge < -0.3 is 10.6 Å². The van der Waals surface area contributed by atoms with Crippen molar-refractivity contribution in [3.63, 3.8) is 0 Å². The van der Waals surface area contributed by atoms with E-state index in [2.05, 4.69) is 15.4 Å². The van der Waals surface area contributed by atoms with Gasteiger partial charge in [0.2, 0.25) is 15.9 Å². The van der Waals surface area contributed by atoms with Crippen LogP contribution in [0.4, 0.5) is 11.4 Å². The van der Waals surface area contributed by atoms with Gasteiger partial charge in [0.15, 0.2) is 0 Å². The van der Waals surface area contributed by atoms with E-state index in [9.17, 15) is 13.2 Å². The summed E-state index contributed by atoms with van der Waals surface area (Å²) >= 11 is 0. The van der Waals surface area contributed by atoms with Crippen LogP contribution in [-0.4, -0.2) is 33.2 Å². The van der Waals surface area contributed by atoms with Crippen LogP contribution in [0.25, 0.3) is 0 Å². The minimum absolute atomic E-state index is 0. The summed E-state index contributed by atoms with van der Waals surface area (Å²) in [7, 11) is -3.27. The lowest BCUT2D eigenvalue weighted by atomic mass is 9.92. The van der Waals surface area contributed by atoms with E-state index in [0.29, 0.717) is 11.4 Å². The van der Waals surface area contributed by atoms with Gasteiger partial charge >= 0.3 is 0 Å². The van der Waals surface area contributed by atoms with E-state index in [4.69, 9.17) is 0 Å². The van der Waals surface area contributed by atoms with Gasteiger partial charge in [-0.1, -0.05) is 0 Å². The standard InChI is InChI=1S/C16H23N3O3S.ClH/c1-2-23(21,22)19-13-5-3-12(4-6-13)18-15(20)14-11-16(14)7-9-17-10-8-16;/h3-6,14,17,19H,2,7-11H2,1H3,(H,18,20);1H. The van der Waals surface area contributed by atoms with Crippen LogP contribution < -0.4 is 15.4 Å². The molecule has 1 amide bonds. The van der Waals surface area contributed by atoms with E-state index in [1.807, 2.05) is 0 Å². The number of benzene rings is 1. The van der Waals surface area contributed by atoms with Crippen molar-refractivity contribution in [2.45, 2.75) is 26.2 Å². The first-order valence-corrected chi connectivity index (χ1v) is 9.71. The summed E-state index contributed by atoms with van der Waals surface area (Å²) in [4.78, 5) is 12.4. The van der Waals surface area contributed by atoms with E-state index < -0.39 is 10.0 Å². The Morgan fingerprint density at radius 3 is 2.38 bits per heavy atom. The molecule has 8 heteroatoms. The normalized spacial score (nSPS) is 21.6. The maximum Gasteiger partial charge on any atom is 0.232 e. The van der Waals surface area contributed by atoms with E-state index >= 15 is 0 Å². The monoisotopic (exact) mass is 373 g/mol. The lowest BCUT2D eigenvalue weighted by Crippen LogP contribution is -2.31. The minimum Gasteiger partial charge on any atom is -0.326 e. The molecule has 24 heavy (non-hydrogen) atoms. The number of carbonyl (C=O) groups excluding carboxylic acids is 1. The molecule has 1 saturated carbocycles. The molecule has 3 rings (SSSR count). The molecule has 1 heterocycles. The molecule has 1 spiro atoms. The van der Waals surface area contributed by atoms with E-state index in [1.54, 1.807) is 31.2 Å². The number of piperidine rings is 1. The Kier molecular flexibility index (Phi) is 5.78. The van der Waals surface area contributed by atoms with Gasteiger partial charge in [-0.15, -0.1) is 12.4 Å². The van der Waals surface area contributed by atoms with Crippen LogP contribution in [0.15, 0.2) is 24.3 Å². The van der Waals surface area contributed by atoms with Crippen LogP contribution in [-0.2, 0) is 14.8 Å². The summed E-state index contributed by atoms with van der Waals surface area (Å²) in [6.07, 6.45) is 3.13. The first-order valence-electron chi connectivity index (χ1n) is 8.06. The summed E-state index contributed by atoms with van der Waals surface area (Å²) in [6, 6.07) is 6.78. The molecule has 1 aliphatic heterocycles. The Morgan fingerprint density at radius 2 is 1.79 bits per heavy atom. The number of hydrogen-bond donors (Lipinski definition) is 3. The maximum absolute atomic E-state index is 12.4. The zero-order chi connectivity index (χ0) is 16.5. The van der Waals surface area contributed by atoms with Gasteiger partial charge in [0, 0.05) is 17.3 Å². The van der Waals surface area contributed by atoms with Gasteiger partial charge in [-0.25, -0.2) is 8.42 Å². The molecule has 1 aliphatic carbocycles. The Balaban J connectivity index is 0.00000208. The number of nitrogens with one attached hydrogen (secondary N) is 3. The lowest BCUT2D eigenvalue weighted by molar-refractivity contribution is -0.118. The number of sulfonamides is 1. The predicted octanol–water partition coefficient (Wildman–Crippen LogP) is 2.20. The first-order chi connectivity index (χ1) is 10.9. The molecule has 2 aliphatic rings. The molecular weight excluding hydrogens is 350 g/mol. The number of rotatable bonds is 5. The third kappa shape index (κ3) is 4.20. The van der Waals surface area contributed by atoms with Gasteiger partial charge in [0.05, 0.1) is 5.75 Å². The van der Waals surface area contributed by atoms with Crippen molar-refractivity contribution < 1.29 is 13.2 Å². The van der Waals surface area contributed by atoms with Gasteiger partial charge in [-0.3, -0.25) is 9.52 Å². The smallest absolute Gasteiger partial charge is 0.232 e. The van der Waals surface area contributed by atoms with Gasteiger partial charge in [-0.2, -0.15) is 0 Å². The van der Waals surface area contributed by atoms with E-state index in [1.165, 1.54) is 0 Å². The maximum atomic E-state index is 12.4. The zero-order valence-corrected chi connectivity index (χ0v) is 15.3. The number of hydrogen-bond acceptors (Lipinski definition) is 4. The summed E-state index contributed by atoms with van der Waals surface area (Å²) < 4.78 is 25.5. The Morgan fingerprint density at radius 1 is 1.21 bits per heavy atom. The average molecular weight is 374 g/mol. The molecule has 1 aromatic rings. The van der Waals surface area contributed by atoms with Crippen molar-refractivity contribution in [3.8, 4) is 0 Å². The van der Waals surface area contributed by atoms with Crippen LogP contribution in [0.2, 0.25) is 0 Å². The minimum atomic E-state index is -3.27. The number of carbonyl (C=O) groups is 1. The quantitative estimate of drug-likeness (QED) is 0.738. The van der Waals surface area contributed by atoms with Crippen molar-refractivity contribution in [2.24, 2.45) is 11.3 Å². The fourth-order valence-corrected chi connectivity index (χ4v) is 3.94. The number of anilines is 2. The molecule has 0 radical (unpaired) electrons. The summed E-state index contributed by atoms with van der Waals surface area (Å²) in [5, 5.41) is 6.27. The van der Waals surface area contributed by atoms with Crippen molar-refractivity contribution in [3.05, 3.63) is 24.3 Å². The van der Waals surface area contributed by atoms with Crippen molar-refractivity contribution in [1.82, 2.24) is 5.32 Å². The third-order valence-electron chi connectivity index (χ3n) is 4.91. The first kappa shape index (κ1) is 19.0. The molecule has 134 valence electrons. The molecule has 3 N–H and O–H groups in total. The van der Waals surface area contributed by atoms with E-state index in [-0.39, 0.29) is 35.4 Å². The molecule has 0 bridgehead atoms. The highest BCUT2D eigenvalue weighted by Crippen LogP contribution is 2.58. The predicted molar refractivity (Wildman–Crippen MR) is 98.0 cm³/mol. The molecule has 0 aromatic heterocycles. The van der Waals surface area contributed by atoms with Gasteiger partial charge in [-0.05, 0) is 69.0 Å². The summed E-state index contributed by atoms with van der Waals surface area (Å²) in [6.45, 7) is 3.58. The fourth-order valence-electron chi connectivity index (χ4n) is 3.30. The van der Waals surface area contributed by atoms with Crippen molar-refractivity contribution in [1.29, 1.82) is 0 Å². The van der Waals surface area contributed by atoms with Crippen molar-refractivity contribution in [2.75, 3.05) is 28.9 Å². The second-order valence-corrected chi connectivity index (χ2v) is 8.45. The van der Waals surface area contributed by atoms with Gasteiger partial charge in [0.1, 0.15) is 0 Å². The van der Waals surface area contributed by atoms with Crippen LogP contribution in [0.1, 0.15) is 26.2 Å². The Hall–Kier alpha value is -1.31. The topological polar surface area (TPSA) is 87.3 Å². The SMILES string of the molecule is CCS(=O)(=O)Nc1ccc(NC(=O)C2CC23CCNCC3)cc1.Cl. The second kappa shape index (κ2) is 7.29. The Labute approximate surface area is 149 Å². The third-order valence-corrected chi connectivity index (χ3v) is 6.22. The molecule has 2 fully saturated rings. The average Bonchev–Trinajstić information content (AvgIpc) is 3.23. The van der Waals surface area contributed by atoms with Crippen LogP contribution in [0.5, 0.6) is 0 Å². The molecule has 6 nitrogen and oxygen atoms in total. The second-order valence-electron chi connectivity index (χ2n) is 6.44. The fraction of sp³-hybridized carbons (Fsp3) is 0.562. The molecule has 1 unspecified atom stereocenters. The number of halogens is 1. The molecule has 1 atom stereocenters. The lowest BCUT2D eigenvalue weighted by Gasteiger charge is -2.23. The van der Waals surface area contributed by atoms with Crippen LogP contribution in [0, 0.1) is 11.3 Å². The highest BCUT2D eigenvalue weighted by Gasteiger charge is 2.57. The summed E-state index contributed by atoms with van der Waals surface area (Å²) in [5.74, 6) is 0.223. The highest BCUT2D eigenvalue weighted by molar-refractivity contribution is 7.92. The van der Waals surface area contributed by atoms with Crippen LogP contribution in [0.3, 0.4) is 0 Å². The molecule has 1 aromatic carbocycles. The van der Waals surface area contributed by atoms with Crippen molar-refractivity contribution >= 4 is 39.7 Å². The highest BCUT2D eigenvalue weighted by atomic mass is 35.5. The largest absolute Gasteiger partial charge is 0.326 e. The van der Waals surface area contributed by atoms with E-state index in [0.717, 1.165) is 32.4 Å². The van der Waals surface area contributed by atoms with Crippen LogP contribution >= 0.6 is 12.4 Å². The summed E-state index contributed by atoms with van der Waals surface area (Å²) in [5.41, 5.74) is 1.42. The molecular formula is C16H24ClN3O3S.